The van der Waals surface area contributed by atoms with E-state index in [0.29, 0.717) is 35.9 Å². The Hall–Kier alpha value is -2.01. The van der Waals surface area contributed by atoms with Crippen molar-refractivity contribution in [3.63, 3.8) is 0 Å². The fraction of sp³-hybridized carbons (Fsp3) is 0.412. The number of hydrogen-bond acceptors (Lipinski definition) is 5. The molecule has 0 bridgehead atoms. The zero-order valence-electron chi connectivity index (χ0n) is 13.2. The molecule has 0 aliphatic rings. The quantitative estimate of drug-likeness (QED) is 0.463. The summed E-state index contributed by atoms with van der Waals surface area (Å²) in [6.45, 7) is 4.78. The molecule has 0 atom stereocenters. The van der Waals surface area contributed by atoms with E-state index in [2.05, 4.69) is 24.0 Å². The van der Waals surface area contributed by atoms with E-state index in [4.69, 9.17) is 25.2 Å². The van der Waals surface area contributed by atoms with Crippen molar-refractivity contribution in [2.45, 2.75) is 26.7 Å². The van der Waals surface area contributed by atoms with Crippen LogP contribution >= 0.6 is 11.6 Å². The van der Waals surface area contributed by atoms with Gasteiger partial charge in [0.1, 0.15) is 11.3 Å². The fourth-order valence-electron chi connectivity index (χ4n) is 2.29. The molecule has 0 spiro atoms. The second-order valence-electron chi connectivity index (χ2n) is 5.77. The number of aromatic nitrogens is 2. The standard InChI is InChI=1S/C17H19ClN2O3/c1-11(2)9-16-19-20-17(23-16)15-10-12-13(21-8-4-7-18)5-3-6-14(12)22-15/h3,5-6,10-11H,4,7-9H2,1-2H3. The lowest BCUT2D eigenvalue weighted by atomic mass is 10.1. The highest BCUT2D eigenvalue weighted by atomic mass is 35.5. The monoisotopic (exact) mass is 334 g/mol. The van der Waals surface area contributed by atoms with Gasteiger partial charge >= 0.3 is 0 Å². The topological polar surface area (TPSA) is 61.3 Å². The van der Waals surface area contributed by atoms with Gasteiger partial charge in [0, 0.05) is 18.4 Å². The molecule has 1 aromatic carbocycles. The van der Waals surface area contributed by atoms with Crippen molar-refractivity contribution in [1.82, 2.24) is 10.2 Å². The van der Waals surface area contributed by atoms with Gasteiger partial charge in [0.05, 0.1) is 12.0 Å². The Balaban J connectivity index is 1.87. The number of ether oxygens (including phenoxy) is 1. The molecule has 0 aliphatic heterocycles. The molecule has 6 heteroatoms. The van der Waals surface area contributed by atoms with Crippen molar-refractivity contribution >= 4 is 22.6 Å². The molecule has 3 rings (SSSR count). The van der Waals surface area contributed by atoms with Crippen LogP contribution in [0.25, 0.3) is 22.6 Å². The summed E-state index contributed by atoms with van der Waals surface area (Å²) in [4.78, 5) is 0. The van der Waals surface area contributed by atoms with E-state index in [0.717, 1.165) is 29.6 Å². The van der Waals surface area contributed by atoms with Crippen LogP contribution in [-0.4, -0.2) is 22.7 Å². The molecule has 3 aromatic rings. The second-order valence-corrected chi connectivity index (χ2v) is 6.15. The van der Waals surface area contributed by atoms with Gasteiger partial charge in [-0.25, -0.2) is 0 Å². The first-order valence-corrected chi connectivity index (χ1v) is 8.25. The predicted octanol–water partition coefficient (Wildman–Crippen LogP) is 4.69. The lowest BCUT2D eigenvalue weighted by Crippen LogP contribution is -1.97. The van der Waals surface area contributed by atoms with Crippen LogP contribution < -0.4 is 4.74 Å². The molecule has 0 saturated heterocycles. The number of furan rings is 1. The van der Waals surface area contributed by atoms with Gasteiger partial charge in [-0.2, -0.15) is 0 Å². The van der Waals surface area contributed by atoms with E-state index in [9.17, 15) is 0 Å². The number of rotatable bonds is 7. The van der Waals surface area contributed by atoms with Gasteiger partial charge in [-0.3, -0.25) is 0 Å². The third-order valence-corrected chi connectivity index (χ3v) is 3.58. The Morgan fingerprint density at radius 3 is 2.87 bits per heavy atom. The van der Waals surface area contributed by atoms with Crippen LogP contribution in [0.2, 0.25) is 0 Å². The van der Waals surface area contributed by atoms with Crippen molar-refractivity contribution < 1.29 is 13.6 Å². The number of nitrogens with zero attached hydrogens (tertiary/aromatic N) is 2. The first-order valence-electron chi connectivity index (χ1n) is 7.71. The van der Waals surface area contributed by atoms with E-state index in [-0.39, 0.29) is 0 Å². The molecule has 5 nitrogen and oxygen atoms in total. The maximum Gasteiger partial charge on any atom is 0.283 e. The SMILES string of the molecule is CC(C)Cc1nnc(-c2cc3c(OCCCCl)cccc3o2)o1. The van der Waals surface area contributed by atoms with Crippen molar-refractivity contribution in [1.29, 1.82) is 0 Å². The van der Waals surface area contributed by atoms with E-state index in [1.807, 2.05) is 24.3 Å². The highest BCUT2D eigenvalue weighted by Gasteiger charge is 2.16. The number of halogens is 1. The first kappa shape index (κ1) is 15.9. The molecule has 0 N–H and O–H groups in total. The highest BCUT2D eigenvalue weighted by molar-refractivity contribution is 6.17. The summed E-state index contributed by atoms with van der Waals surface area (Å²) in [6.07, 6.45) is 1.55. The normalized spacial score (nSPS) is 11.5. The molecule has 122 valence electrons. The van der Waals surface area contributed by atoms with Gasteiger partial charge in [0.2, 0.25) is 5.89 Å². The maximum absolute atomic E-state index is 5.82. The number of benzene rings is 1. The van der Waals surface area contributed by atoms with Gasteiger partial charge in [0.15, 0.2) is 5.76 Å². The Bertz CT molecular complexity index is 779. The van der Waals surface area contributed by atoms with Crippen molar-refractivity contribution in [3.05, 3.63) is 30.2 Å². The highest BCUT2D eigenvalue weighted by Crippen LogP contribution is 2.33. The van der Waals surface area contributed by atoms with Crippen LogP contribution in [0, 0.1) is 5.92 Å². The zero-order valence-corrected chi connectivity index (χ0v) is 14.0. The molecule has 23 heavy (non-hydrogen) atoms. The smallest absolute Gasteiger partial charge is 0.283 e. The van der Waals surface area contributed by atoms with Crippen LogP contribution in [0.15, 0.2) is 33.1 Å². The molecular weight excluding hydrogens is 316 g/mol. The summed E-state index contributed by atoms with van der Waals surface area (Å²) in [5.41, 5.74) is 0.729. The zero-order chi connectivity index (χ0) is 16.2. The summed E-state index contributed by atoms with van der Waals surface area (Å²) in [7, 11) is 0. The molecule has 0 saturated carbocycles. The molecular formula is C17H19ClN2O3. The number of fused-ring (bicyclic) bond motifs is 1. The lowest BCUT2D eigenvalue weighted by Gasteiger charge is -2.04. The Labute approximate surface area is 139 Å². The minimum Gasteiger partial charge on any atom is -0.493 e. The third-order valence-electron chi connectivity index (χ3n) is 3.32. The van der Waals surface area contributed by atoms with Gasteiger partial charge < -0.3 is 13.6 Å². The molecule has 0 amide bonds. The van der Waals surface area contributed by atoms with Crippen LogP contribution in [0.1, 0.15) is 26.2 Å². The number of alkyl halides is 1. The molecule has 2 heterocycles. The van der Waals surface area contributed by atoms with Gasteiger partial charge in [-0.05, 0) is 24.5 Å². The molecule has 0 unspecified atom stereocenters. The summed E-state index contributed by atoms with van der Waals surface area (Å²) < 4.78 is 17.2. The van der Waals surface area contributed by atoms with Gasteiger partial charge in [-0.1, -0.05) is 19.9 Å². The Morgan fingerprint density at radius 1 is 1.22 bits per heavy atom. The largest absolute Gasteiger partial charge is 0.493 e. The van der Waals surface area contributed by atoms with Crippen molar-refractivity contribution in [3.8, 4) is 17.4 Å². The van der Waals surface area contributed by atoms with Crippen LogP contribution in [0.5, 0.6) is 5.75 Å². The van der Waals surface area contributed by atoms with Gasteiger partial charge in [-0.15, -0.1) is 21.8 Å². The molecule has 0 fully saturated rings. The predicted molar refractivity (Wildman–Crippen MR) is 88.9 cm³/mol. The van der Waals surface area contributed by atoms with Crippen molar-refractivity contribution in [2.24, 2.45) is 5.92 Å². The van der Waals surface area contributed by atoms with Crippen molar-refractivity contribution in [2.75, 3.05) is 12.5 Å². The summed E-state index contributed by atoms with van der Waals surface area (Å²) in [5.74, 6) is 3.37. The van der Waals surface area contributed by atoms with E-state index < -0.39 is 0 Å². The average molecular weight is 335 g/mol. The maximum atomic E-state index is 5.82. The summed E-state index contributed by atoms with van der Waals surface area (Å²) >= 11 is 5.68. The molecule has 2 aromatic heterocycles. The second kappa shape index (κ2) is 7.04. The molecule has 0 radical (unpaired) electrons. The molecule has 0 aliphatic carbocycles. The van der Waals surface area contributed by atoms with E-state index in [1.165, 1.54) is 0 Å². The van der Waals surface area contributed by atoms with Crippen LogP contribution in [0.4, 0.5) is 0 Å². The Morgan fingerprint density at radius 2 is 2.09 bits per heavy atom. The first-order chi connectivity index (χ1) is 11.2. The Kier molecular flexibility index (Phi) is 4.86. The number of hydrogen-bond donors (Lipinski definition) is 0. The average Bonchev–Trinajstić information content (AvgIpc) is 3.13. The van der Waals surface area contributed by atoms with Crippen LogP contribution in [0.3, 0.4) is 0 Å². The van der Waals surface area contributed by atoms with Crippen LogP contribution in [-0.2, 0) is 6.42 Å². The minimum atomic E-state index is 0.392. The van der Waals surface area contributed by atoms with E-state index >= 15 is 0 Å². The van der Waals surface area contributed by atoms with Gasteiger partial charge in [0.25, 0.3) is 5.89 Å². The minimum absolute atomic E-state index is 0.392. The van der Waals surface area contributed by atoms with E-state index in [1.54, 1.807) is 0 Å². The summed E-state index contributed by atoms with van der Waals surface area (Å²) in [6, 6.07) is 7.56. The lowest BCUT2D eigenvalue weighted by molar-refractivity contribution is 0.322. The summed E-state index contributed by atoms with van der Waals surface area (Å²) in [5, 5.41) is 9.02. The fourth-order valence-corrected chi connectivity index (χ4v) is 2.40. The third kappa shape index (κ3) is 3.67.